The fourth-order valence-electron chi connectivity index (χ4n) is 3.27. The first-order chi connectivity index (χ1) is 15.2. The number of nitrogens with zero attached hydrogens (tertiary/aromatic N) is 4. The Balaban J connectivity index is 1.21. The van der Waals surface area contributed by atoms with Gasteiger partial charge in [-0.15, -0.1) is 32.9 Å². The summed E-state index contributed by atoms with van der Waals surface area (Å²) in [5.41, 5.74) is 3.13. The number of hydrogen-bond donors (Lipinski definition) is 1. The first-order valence-electron chi connectivity index (χ1n) is 10.1. The van der Waals surface area contributed by atoms with Gasteiger partial charge >= 0.3 is 0 Å². The summed E-state index contributed by atoms with van der Waals surface area (Å²) in [5.74, 6) is 1.18. The maximum Gasteiger partial charge on any atom is 0.236 e. The van der Waals surface area contributed by atoms with Gasteiger partial charge in [-0.1, -0.05) is 47.7 Å². The Hall–Kier alpha value is -2.49. The molecule has 3 heterocycles. The van der Waals surface area contributed by atoms with E-state index in [1.54, 1.807) is 11.3 Å². The second kappa shape index (κ2) is 8.94. The molecule has 4 aromatic rings. The standard InChI is InChI=1S/C22H21N5OS3/c1-14-4-6-15(7-5-14)18-12-30-21(23-18)24-20(28)13-31-22-26-25-19(27(22)16-8-9-16)11-17-3-2-10-29-17/h2-7,10,12,16H,8-9,11,13H2,1H3,(H,23,24,28). The van der Waals surface area contributed by atoms with Crippen LogP contribution in [0.4, 0.5) is 5.13 Å². The van der Waals surface area contributed by atoms with Gasteiger partial charge in [-0.3, -0.25) is 4.79 Å². The van der Waals surface area contributed by atoms with Crippen LogP contribution in [0.5, 0.6) is 0 Å². The lowest BCUT2D eigenvalue weighted by molar-refractivity contribution is -0.113. The number of thiazole rings is 1. The zero-order chi connectivity index (χ0) is 21.2. The quantitative estimate of drug-likeness (QED) is 0.350. The number of amides is 1. The van der Waals surface area contributed by atoms with Crippen molar-refractivity contribution in [1.82, 2.24) is 19.7 Å². The highest BCUT2D eigenvalue weighted by molar-refractivity contribution is 7.99. The second-order valence-electron chi connectivity index (χ2n) is 7.50. The molecule has 1 aliphatic carbocycles. The van der Waals surface area contributed by atoms with Crippen molar-refractivity contribution in [3.63, 3.8) is 0 Å². The zero-order valence-electron chi connectivity index (χ0n) is 16.9. The van der Waals surface area contributed by atoms with E-state index in [-0.39, 0.29) is 11.7 Å². The van der Waals surface area contributed by atoms with Crippen molar-refractivity contribution in [1.29, 1.82) is 0 Å². The number of thiophene rings is 1. The van der Waals surface area contributed by atoms with Gasteiger partial charge in [0.15, 0.2) is 10.3 Å². The Morgan fingerprint density at radius 1 is 1.19 bits per heavy atom. The van der Waals surface area contributed by atoms with Gasteiger partial charge in [0, 0.05) is 28.3 Å². The molecule has 0 atom stereocenters. The van der Waals surface area contributed by atoms with E-state index < -0.39 is 0 Å². The molecule has 1 saturated carbocycles. The monoisotopic (exact) mass is 467 g/mol. The van der Waals surface area contributed by atoms with Crippen molar-refractivity contribution in [2.75, 3.05) is 11.1 Å². The lowest BCUT2D eigenvalue weighted by Crippen LogP contribution is -2.14. The highest BCUT2D eigenvalue weighted by Crippen LogP contribution is 2.39. The summed E-state index contributed by atoms with van der Waals surface area (Å²) in [6, 6.07) is 12.9. The fraction of sp³-hybridized carbons (Fsp3) is 0.273. The maximum atomic E-state index is 12.5. The number of anilines is 1. The summed E-state index contributed by atoms with van der Waals surface area (Å²) < 4.78 is 2.22. The van der Waals surface area contributed by atoms with E-state index in [2.05, 4.69) is 61.6 Å². The van der Waals surface area contributed by atoms with Gasteiger partial charge in [0.25, 0.3) is 0 Å². The minimum atomic E-state index is -0.0834. The van der Waals surface area contributed by atoms with Crippen LogP contribution in [0.15, 0.2) is 52.3 Å². The van der Waals surface area contributed by atoms with Crippen LogP contribution in [0.2, 0.25) is 0 Å². The van der Waals surface area contributed by atoms with Crippen LogP contribution >= 0.6 is 34.4 Å². The summed E-state index contributed by atoms with van der Waals surface area (Å²) in [6.07, 6.45) is 3.08. The van der Waals surface area contributed by atoms with Gasteiger partial charge in [-0.05, 0) is 31.2 Å². The molecule has 0 saturated heterocycles. The summed E-state index contributed by atoms with van der Waals surface area (Å²) in [7, 11) is 0. The predicted molar refractivity (Wildman–Crippen MR) is 127 cm³/mol. The highest BCUT2D eigenvalue weighted by Gasteiger charge is 2.30. The Morgan fingerprint density at radius 2 is 2.03 bits per heavy atom. The third kappa shape index (κ3) is 4.89. The van der Waals surface area contributed by atoms with Crippen LogP contribution in [-0.2, 0) is 11.2 Å². The van der Waals surface area contributed by atoms with Crippen LogP contribution in [0.25, 0.3) is 11.3 Å². The van der Waals surface area contributed by atoms with E-state index in [9.17, 15) is 4.79 Å². The number of benzene rings is 1. The molecule has 6 nitrogen and oxygen atoms in total. The molecule has 158 valence electrons. The lowest BCUT2D eigenvalue weighted by atomic mass is 10.1. The minimum Gasteiger partial charge on any atom is -0.303 e. The van der Waals surface area contributed by atoms with Gasteiger partial charge in [-0.25, -0.2) is 4.98 Å². The first kappa shape index (κ1) is 20.4. The Bertz CT molecular complexity index is 1180. The van der Waals surface area contributed by atoms with E-state index in [0.29, 0.717) is 11.2 Å². The molecule has 0 aliphatic heterocycles. The number of thioether (sulfide) groups is 1. The first-order valence-corrected chi connectivity index (χ1v) is 12.8. The second-order valence-corrected chi connectivity index (χ2v) is 10.3. The van der Waals surface area contributed by atoms with Crippen LogP contribution in [0.1, 0.15) is 35.1 Å². The van der Waals surface area contributed by atoms with Crippen molar-refractivity contribution < 1.29 is 4.79 Å². The Kier molecular flexibility index (Phi) is 5.89. The molecule has 9 heteroatoms. The molecule has 1 aromatic carbocycles. The van der Waals surface area contributed by atoms with Crippen LogP contribution < -0.4 is 5.32 Å². The number of rotatable bonds is 8. The third-order valence-electron chi connectivity index (χ3n) is 4.99. The molecule has 1 fully saturated rings. The zero-order valence-corrected chi connectivity index (χ0v) is 19.4. The lowest BCUT2D eigenvalue weighted by Gasteiger charge is -2.08. The molecule has 0 spiro atoms. The SMILES string of the molecule is Cc1ccc(-c2csc(NC(=O)CSc3nnc(Cc4cccs4)n3C3CC3)n2)cc1. The smallest absolute Gasteiger partial charge is 0.236 e. The molecule has 0 bridgehead atoms. The van der Waals surface area contributed by atoms with Crippen molar-refractivity contribution >= 4 is 45.5 Å². The highest BCUT2D eigenvalue weighted by atomic mass is 32.2. The van der Waals surface area contributed by atoms with Crippen molar-refractivity contribution in [2.24, 2.45) is 0 Å². The predicted octanol–water partition coefficient (Wildman–Crippen LogP) is 5.43. The number of nitrogens with one attached hydrogen (secondary N) is 1. The van der Waals surface area contributed by atoms with Crippen molar-refractivity contribution in [3.05, 3.63) is 63.4 Å². The summed E-state index contributed by atoms with van der Waals surface area (Å²) in [6.45, 7) is 2.06. The molecule has 3 aromatic heterocycles. The van der Waals surface area contributed by atoms with E-state index in [4.69, 9.17) is 0 Å². The minimum absolute atomic E-state index is 0.0834. The molecule has 5 rings (SSSR count). The van der Waals surface area contributed by atoms with E-state index >= 15 is 0 Å². The van der Waals surface area contributed by atoms with Gasteiger partial charge in [0.05, 0.1) is 11.4 Å². The van der Waals surface area contributed by atoms with Gasteiger partial charge in [-0.2, -0.15) is 0 Å². The van der Waals surface area contributed by atoms with E-state index in [1.807, 2.05) is 17.5 Å². The van der Waals surface area contributed by atoms with E-state index in [1.165, 1.54) is 33.5 Å². The number of carbonyl (C=O) groups excluding carboxylic acids is 1. The molecular formula is C22H21N5OS3. The average molecular weight is 468 g/mol. The summed E-state index contributed by atoms with van der Waals surface area (Å²) in [5, 5.41) is 17.2. The topological polar surface area (TPSA) is 72.7 Å². The molecule has 0 radical (unpaired) electrons. The largest absolute Gasteiger partial charge is 0.303 e. The summed E-state index contributed by atoms with van der Waals surface area (Å²) >= 11 is 4.61. The Morgan fingerprint density at radius 3 is 2.77 bits per heavy atom. The Labute approximate surface area is 192 Å². The molecule has 0 unspecified atom stereocenters. The van der Waals surface area contributed by atoms with Crippen LogP contribution in [-0.4, -0.2) is 31.4 Å². The molecule has 31 heavy (non-hydrogen) atoms. The third-order valence-corrected chi connectivity index (χ3v) is 7.57. The van der Waals surface area contributed by atoms with Gasteiger partial charge < -0.3 is 9.88 Å². The number of carbonyl (C=O) groups is 1. The molecular weight excluding hydrogens is 446 g/mol. The molecule has 1 amide bonds. The number of aryl methyl sites for hydroxylation is 1. The fourth-order valence-corrected chi connectivity index (χ4v) is 5.53. The summed E-state index contributed by atoms with van der Waals surface area (Å²) in [4.78, 5) is 18.3. The average Bonchev–Trinajstić information content (AvgIpc) is 3.15. The number of hydrogen-bond acceptors (Lipinski definition) is 7. The van der Waals surface area contributed by atoms with Crippen LogP contribution in [0, 0.1) is 6.92 Å². The van der Waals surface area contributed by atoms with Gasteiger partial charge in [0.1, 0.15) is 5.82 Å². The number of aromatic nitrogens is 4. The normalized spacial score (nSPS) is 13.5. The van der Waals surface area contributed by atoms with E-state index in [0.717, 1.165) is 41.5 Å². The molecule has 1 aliphatic rings. The van der Waals surface area contributed by atoms with Crippen molar-refractivity contribution in [3.8, 4) is 11.3 Å². The maximum absolute atomic E-state index is 12.5. The van der Waals surface area contributed by atoms with Crippen molar-refractivity contribution in [2.45, 2.75) is 37.4 Å². The van der Waals surface area contributed by atoms with Crippen LogP contribution in [0.3, 0.4) is 0 Å². The van der Waals surface area contributed by atoms with Gasteiger partial charge in [0.2, 0.25) is 5.91 Å². The molecule has 1 N–H and O–H groups in total.